The molecule has 0 aromatic heterocycles. The maximum Gasteiger partial charge on any atom is 0.366 e. The zero-order valence-corrected chi connectivity index (χ0v) is 59.5. The maximum atomic E-state index is 14.8. The summed E-state index contributed by atoms with van der Waals surface area (Å²) < 4.78 is 107. The van der Waals surface area contributed by atoms with E-state index in [2.05, 4.69) is 5.32 Å². The number of carbonyl (C=O) groups is 4. The molecule has 6 aromatic carbocycles. The van der Waals surface area contributed by atoms with Gasteiger partial charge in [0.25, 0.3) is 11.5 Å². The van der Waals surface area contributed by atoms with Gasteiger partial charge in [-0.05, 0) is 53.3 Å². The van der Waals surface area contributed by atoms with Crippen LogP contribution in [0.2, 0.25) is 0 Å². The van der Waals surface area contributed by atoms with Crippen molar-refractivity contribution in [1.29, 1.82) is 0 Å². The fourth-order valence-corrected chi connectivity index (χ4v) is 13.6. The first-order valence-electron chi connectivity index (χ1n) is 35.0. The Morgan fingerprint density at radius 3 is 1.57 bits per heavy atom. The molecule has 0 aliphatic carbocycles. The van der Waals surface area contributed by atoms with Crippen molar-refractivity contribution in [2.45, 2.75) is 210 Å². The van der Waals surface area contributed by atoms with Crippen molar-refractivity contribution in [2.75, 3.05) is 20.3 Å². The lowest BCUT2D eigenvalue weighted by molar-refractivity contribution is -0.392. The van der Waals surface area contributed by atoms with Crippen LogP contribution in [0.15, 0.2) is 176 Å². The molecule has 104 heavy (non-hydrogen) atoms. The van der Waals surface area contributed by atoms with Crippen molar-refractivity contribution >= 4 is 29.5 Å². The Morgan fingerprint density at radius 2 is 1.08 bits per heavy atom. The first kappa shape index (κ1) is 78.4. The zero-order valence-electron chi connectivity index (χ0n) is 59.5. The summed E-state index contributed by atoms with van der Waals surface area (Å²) in [6.45, 7) is 10.3. The highest BCUT2D eigenvalue weighted by atomic mass is 16.8. The van der Waals surface area contributed by atoms with Crippen LogP contribution in [-0.2, 0) is 123 Å². The number of rotatable bonds is 33. The molecule has 19 unspecified atom stereocenters. The zero-order chi connectivity index (χ0) is 73.9. The number of benzene rings is 6. The Labute approximate surface area is 604 Å². The van der Waals surface area contributed by atoms with Crippen LogP contribution in [0.3, 0.4) is 0 Å². The molecule has 26 heteroatoms. The Morgan fingerprint density at radius 1 is 0.587 bits per heavy atom. The summed E-state index contributed by atoms with van der Waals surface area (Å²) in [6.07, 6.45) is -24.2. The SMILES string of the molecule is CC[C@@H](OC(C)=O)[C@@H](C)C1OC(OC2C(O)C(COCc3ccccc3)OC(OC3C(COCc4ccccc4)OC(Oc4ccc([N+](=O)[O-])cc4)C(NC(C)=O)C3OC3OC(C)C(OCc4ccccc4)C(OCc4ccccc4)C3OCc3ccccc3)C2O)(C(=O)OC)CC(OC(C)=O)C1C. The molecule has 4 aliphatic rings. The van der Waals surface area contributed by atoms with Crippen LogP contribution in [0.5, 0.6) is 5.75 Å². The number of nitrogens with zero attached hydrogens (tertiary/aromatic N) is 1. The number of methoxy groups -OCH3 is 1. The third-order valence-electron chi connectivity index (χ3n) is 18.8. The van der Waals surface area contributed by atoms with Crippen LogP contribution < -0.4 is 10.1 Å². The number of ether oxygens (including phenoxy) is 16. The topological polar surface area (TPSA) is 312 Å². The minimum Gasteiger partial charge on any atom is -0.465 e. The fraction of sp³-hybridized carbons (Fsp3) is 0.487. The molecular weight excluding hydrogens is 1350 g/mol. The first-order chi connectivity index (χ1) is 50.2. The van der Waals surface area contributed by atoms with E-state index in [1.807, 2.05) is 152 Å². The van der Waals surface area contributed by atoms with Crippen molar-refractivity contribution in [3.05, 3.63) is 214 Å². The lowest BCUT2D eigenvalue weighted by atomic mass is 9.80. The highest BCUT2D eigenvalue weighted by Gasteiger charge is 2.62. The summed E-state index contributed by atoms with van der Waals surface area (Å²) in [5.74, 6) is -6.99. The number of aliphatic hydroxyl groups excluding tert-OH is 2. The van der Waals surface area contributed by atoms with E-state index in [0.29, 0.717) is 6.42 Å². The van der Waals surface area contributed by atoms with Gasteiger partial charge in [-0.25, -0.2) is 4.79 Å². The van der Waals surface area contributed by atoms with Crippen molar-refractivity contribution in [3.63, 3.8) is 0 Å². The number of hydrogen-bond acceptors (Lipinski definition) is 24. The van der Waals surface area contributed by atoms with Gasteiger partial charge in [0.05, 0.1) is 76.9 Å². The van der Waals surface area contributed by atoms with E-state index in [4.69, 9.17) is 75.8 Å². The van der Waals surface area contributed by atoms with Gasteiger partial charge < -0.3 is 91.3 Å². The summed E-state index contributed by atoms with van der Waals surface area (Å²) >= 11 is 0. The van der Waals surface area contributed by atoms with Crippen LogP contribution in [-0.4, -0.2) is 175 Å². The molecule has 0 radical (unpaired) electrons. The second kappa shape index (κ2) is 37.7. The Hall–Kier alpha value is -8.16. The van der Waals surface area contributed by atoms with E-state index in [1.54, 1.807) is 27.7 Å². The van der Waals surface area contributed by atoms with Crippen LogP contribution >= 0.6 is 0 Å². The lowest BCUT2D eigenvalue weighted by Gasteiger charge is -2.52. The molecule has 0 saturated carbocycles. The predicted molar refractivity (Wildman–Crippen MR) is 371 cm³/mol. The normalized spacial score (nSPS) is 29.7. The van der Waals surface area contributed by atoms with E-state index >= 15 is 0 Å². The van der Waals surface area contributed by atoms with Gasteiger partial charge in [-0.15, -0.1) is 0 Å². The number of aliphatic hydroxyl groups is 2. The highest BCUT2D eigenvalue weighted by molar-refractivity contribution is 5.78. The number of esters is 3. The monoisotopic (exact) mass is 1440 g/mol. The van der Waals surface area contributed by atoms with Gasteiger partial charge >= 0.3 is 17.9 Å². The average molecular weight is 1440 g/mol. The van der Waals surface area contributed by atoms with Gasteiger partial charge in [-0.3, -0.25) is 24.5 Å². The summed E-state index contributed by atoms with van der Waals surface area (Å²) in [6, 6.07) is 50.6. The molecule has 3 N–H and O–H groups in total. The van der Waals surface area contributed by atoms with E-state index in [1.165, 1.54) is 45.0 Å². The second-order valence-corrected chi connectivity index (χ2v) is 26.4. The standard InChI is InChI=1S/C78H94N2O24/c1-9-60(96-51(6)82)47(2)67-48(3)61(97-52(7)83)39-78(103-67,77(86)89-8)104-71-65(84)62(45-90-40-53-25-15-10-16-26-53)99-75(66(71)85)101-69-63(46-91-41-54-27-17-11-18-28-54)100-74(98-59-37-35-58(36-38-59)80(87)88)64(79-50(5)81)70(69)102-76-73(94-44-57-33-23-14-24-34-57)72(93-43-56-31-21-13-22-32-56)68(49(4)95-76)92-42-55-29-19-12-20-30-55/h10-38,47-49,60-76,84-85H,9,39-46H2,1-8H3,(H,79,81)/t47-,48?,49?,60-,61?,62?,63?,64?,65?,66?,67?,68?,69?,70?,71?,72?,73?,74?,75?,76?,78?/m1/s1. The molecule has 4 aliphatic heterocycles. The molecule has 560 valence electrons. The number of nitrogens with one attached hydrogen (secondary N) is 1. The number of hydrogen-bond donors (Lipinski definition) is 3. The van der Waals surface area contributed by atoms with Crippen molar-refractivity contribution in [3.8, 4) is 5.75 Å². The van der Waals surface area contributed by atoms with Gasteiger partial charge in [0, 0.05) is 44.7 Å². The summed E-state index contributed by atoms with van der Waals surface area (Å²) in [7, 11) is 1.09. The third kappa shape index (κ3) is 20.7. The van der Waals surface area contributed by atoms with Gasteiger partial charge in [0.2, 0.25) is 12.2 Å². The van der Waals surface area contributed by atoms with Crippen LogP contribution in [0.4, 0.5) is 5.69 Å². The Balaban J connectivity index is 1.11. The predicted octanol–water partition coefficient (Wildman–Crippen LogP) is 8.94. The number of amides is 1. The molecule has 0 bridgehead atoms. The van der Waals surface area contributed by atoms with Gasteiger partial charge in [-0.1, -0.05) is 172 Å². The molecule has 10 rings (SSSR count). The Kier molecular flexibility index (Phi) is 28.4. The molecule has 26 nitrogen and oxygen atoms in total. The smallest absolute Gasteiger partial charge is 0.366 e. The summed E-state index contributed by atoms with van der Waals surface area (Å²) in [4.78, 5) is 65.9. The van der Waals surface area contributed by atoms with Gasteiger partial charge in [-0.2, -0.15) is 0 Å². The highest BCUT2D eigenvalue weighted by Crippen LogP contribution is 2.44. The van der Waals surface area contributed by atoms with Crippen molar-refractivity contribution in [2.24, 2.45) is 11.8 Å². The van der Waals surface area contributed by atoms with Crippen LogP contribution in [0, 0.1) is 22.0 Å². The Bertz CT molecular complexity index is 3650. The van der Waals surface area contributed by atoms with Crippen LogP contribution in [0.25, 0.3) is 0 Å². The van der Waals surface area contributed by atoms with E-state index in [9.17, 15) is 39.5 Å². The fourth-order valence-electron chi connectivity index (χ4n) is 13.6. The van der Waals surface area contributed by atoms with Gasteiger partial charge in [0.1, 0.15) is 85.0 Å². The van der Waals surface area contributed by atoms with Crippen molar-refractivity contribution < 1.29 is 110 Å². The molecule has 21 atom stereocenters. The van der Waals surface area contributed by atoms with E-state index < -0.39 is 170 Å². The molecule has 4 saturated heterocycles. The van der Waals surface area contributed by atoms with Gasteiger partial charge in [0.15, 0.2) is 12.6 Å². The minimum atomic E-state index is -2.60. The van der Waals surface area contributed by atoms with E-state index in [0.717, 1.165) is 34.9 Å². The largest absolute Gasteiger partial charge is 0.465 e. The first-order valence-corrected chi connectivity index (χ1v) is 35.0. The molecule has 1 amide bonds. The minimum absolute atomic E-state index is 0.00766. The molecule has 0 spiro atoms. The quantitative estimate of drug-likeness (QED) is 0.0150. The van der Waals surface area contributed by atoms with Crippen molar-refractivity contribution in [1.82, 2.24) is 5.32 Å². The molecule has 4 fully saturated rings. The number of non-ortho nitro benzene ring substituents is 1. The van der Waals surface area contributed by atoms with Crippen LogP contribution in [0.1, 0.15) is 89.1 Å². The molecule has 4 heterocycles. The number of nitro benzene ring substituents is 1. The number of carbonyl (C=O) groups excluding carboxylic acids is 4. The lowest BCUT2D eigenvalue weighted by Crippen LogP contribution is -2.71. The molecular formula is C78H94N2O24. The summed E-state index contributed by atoms with van der Waals surface area (Å²) in [5, 5.41) is 41.1. The third-order valence-corrected chi connectivity index (χ3v) is 18.8. The summed E-state index contributed by atoms with van der Waals surface area (Å²) in [5.41, 5.74) is 3.74. The molecule has 6 aromatic rings. The second-order valence-electron chi connectivity index (χ2n) is 26.4. The number of nitro groups is 1. The average Bonchev–Trinajstić information content (AvgIpc) is 0.754. The van der Waals surface area contributed by atoms with E-state index in [-0.39, 0.29) is 51.1 Å². The maximum absolute atomic E-state index is 14.8.